The van der Waals surface area contributed by atoms with E-state index >= 15 is 0 Å². The number of hydrogen-bond acceptors (Lipinski definition) is 4. The maximum absolute atomic E-state index is 5.25. The number of hydrogen-bond donors (Lipinski definition) is 0. The van der Waals surface area contributed by atoms with Crippen LogP contribution in [0.25, 0.3) is 0 Å². The zero-order valence-corrected chi connectivity index (χ0v) is 17.9. The summed E-state index contributed by atoms with van der Waals surface area (Å²) in [6, 6.07) is 0. The quantitative estimate of drug-likeness (QED) is 0.353. The SMILES string of the molecule is CN(C)C(=S)SCCCCCCCCCCSC(=S)N(C)C. The zero-order chi connectivity index (χ0) is 16.8. The van der Waals surface area contributed by atoms with E-state index in [1.165, 1.54) is 62.9 Å². The van der Waals surface area contributed by atoms with E-state index in [1.807, 2.05) is 61.5 Å². The first-order valence-corrected chi connectivity index (χ1v) is 10.9. The molecule has 6 heteroatoms. The van der Waals surface area contributed by atoms with Crippen LogP contribution < -0.4 is 0 Å². The largest absolute Gasteiger partial charge is 0.364 e. The van der Waals surface area contributed by atoms with Gasteiger partial charge in [0.15, 0.2) is 0 Å². The molecule has 0 aromatic rings. The fourth-order valence-electron chi connectivity index (χ4n) is 1.84. The van der Waals surface area contributed by atoms with E-state index < -0.39 is 0 Å². The summed E-state index contributed by atoms with van der Waals surface area (Å²) in [6.07, 6.45) is 10.8. The molecule has 0 bridgehead atoms. The topological polar surface area (TPSA) is 6.48 Å². The van der Waals surface area contributed by atoms with Crippen LogP contribution in [-0.2, 0) is 0 Å². The van der Waals surface area contributed by atoms with Crippen molar-refractivity contribution in [3.8, 4) is 0 Å². The standard InChI is InChI=1S/C16H32N2S4/c1-17(2)15(19)21-13-11-9-7-5-6-8-10-12-14-22-16(20)18(3)4/h5-14H2,1-4H3. The second-order valence-corrected chi connectivity index (χ2v) is 9.30. The molecule has 22 heavy (non-hydrogen) atoms. The Morgan fingerprint density at radius 1 is 0.591 bits per heavy atom. The third kappa shape index (κ3) is 14.1. The van der Waals surface area contributed by atoms with Gasteiger partial charge in [0.2, 0.25) is 0 Å². The molecule has 0 unspecified atom stereocenters. The summed E-state index contributed by atoms with van der Waals surface area (Å²) in [5.41, 5.74) is 0. The lowest BCUT2D eigenvalue weighted by Crippen LogP contribution is -2.16. The van der Waals surface area contributed by atoms with E-state index in [4.69, 9.17) is 24.4 Å². The third-order valence-corrected chi connectivity index (χ3v) is 6.87. The maximum Gasteiger partial charge on any atom is 0.135 e. The number of thioether (sulfide) groups is 2. The van der Waals surface area contributed by atoms with Gasteiger partial charge in [-0.2, -0.15) is 0 Å². The maximum atomic E-state index is 5.25. The van der Waals surface area contributed by atoms with Crippen LogP contribution in [0.2, 0.25) is 0 Å². The van der Waals surface area contributed by atoms with Crippen molar-refractivity contribution in [1.29, 1.82) is 0 Å². The van der Waals surface area contributed by atoms with Crippen molar-refractivity contribution in [1.82, 2.24) is 9.80 Å². The van der Waals surface area contributed by atoms with Crippen LogP contribution in [0.1, 0.15) is 51.4 Å². The van der Waals surface area contributed by atoms with Gasteiger partial charge in [0.05, 0.1) is 0 Å². The second kappa shape index (κ2) is 15.0. The van der Waals surface area contributed by atoms with E-state index in [-0.39, 0.29) is 0 Å². The molecular weight excluding hydrogens is 348 g/mol. The van der Waals surface area contributed by atoms with Crippen LogP contribution in [-0.4, -0.2) is 58.1 Å². The van der Waals surface area contributed by atoms with Gasteiger partial charge in [-0.25, -0.2) is 0 Å². The molecule has 0 aliphatic carbocycles. The molecule has 0 aromatic carbocycles. The number of rotatable bonds is 11. The van der Waals surface area contributed by atoms with Crippen LogP contribution in [0.3, 0.4) is 0 Å². The Kier molecular flexibility index (Phi) is 15.4. The normalized spacial score (nSPS) is 10.5. The molecular formula is C16H32N2S4. The Morgan fingerprint density at radius 2 is 0.864 bits per heavy atom. The van der Waals surface area contributed by atoms with Crippen molar-refractivity contribution in [3.05, 3.63) is 0 Å². The Bertz CT molecular complexity index is 277. The van der Waals surface area contributed by atoms with Gasteiger partial charge in [0.25, 0.3) is 0 Å². The highest BCUT2D eigenvalue weighted by molar-refractivity contribution is 8.23. The van der Waals surface area contributed by atoms with E-state index in [0.29, 0.717) is 0 Å². The Balaban J connectivity index is 3.18. The molecule has 0 amide bonds. The van der Waals surface area contributed by atoms with Crippen molar-refractivity contribution < 1.29 is 0 Å². The van der Waals surface area contributed by atoms with Gasteiger partial charge in [0.1, 0.15) is 8.64 Å². The zero-order valence-electron chi connectivity index (χ0n) is 14.6. The van der Waals surface area contributed by atoms with Gasteiger partial charge in [-0.3, -0.25) is 0 Å². The minimum Gasteiger partial charge on any atom is -0.364 e. The molecule has 0 aromatic heterocycles. The van der Waals surface area contributed by atoms with Gasteiger partial charge in [-0.05, 0) is 12.8 Å². The van der Waals surface area contributed by atoms with Gasteiger partial charge in [-0.15, -0.1) is 0 Å². The molecule has 0 spiro atoms. The first-order chi connectivity index (χ1) is 10.4. The van der Waals surface area contributed by atoms with Crippen molar-refractivity contribution in [3.63, 3.8) is 0 Å². The molecule has 0 saturated carbocycles. The van der Waals surface area contributed by atoms with E-state index in [1.54, 1.807) is 0 Å². The highest BCUT2D eigenvalue weighted by Crippen LogP contribution is 2.15. The van der Waals surface area contributed by atoms with E-state index in [9.17, 15) is 0 Å². The monoisotopic (exact) mass is 380 g/mol. The summed E-state index contributed by atoms with van der Waals surface area (Å²) in [5.74, 6) is 2.33. The lowest BCUT2D eigenvalue weighted by Gasteiger charge is -2.12. The summed E-state index contributed by atoms with van der Waals surface area (Å²) < 4.78 is 2.01. The Hall–Kier alpha value is 0.480. The summed E-state index contributed by atoms with van der Waals surface area (Å²) >= 11 is 14.1. The molecule has 130 valence electrons. The average Bonchev–Trinajstić information content (AvgIpc) is 2.47. The summed E-state index contributed by atoms with van der Waals surface area (Å²) in [4.78, 5) is 4.03. The molecule has 0 aliphatic rings. The fraction of sp³-hybridized carbons (Fsp3) is 0.875. The van der Waals surface area contributed by atoms with Gasteiger partial charge < -0.3 is 9.80 Å². The molecule has 0 saturated heterocycles. The molecule has 0 radical (unpaired) electrons. The van der Waals surface area contributed by atoms with Gasteiger partial charge >= 0.3 is 0 Å². The number of thiocarbonyl (C=S) groups is 2. The van der Waals surface area contributed by atoms with E-state index in [2.05, 4.69) is 0 Å². The van der Waals surface area contributed by atoms with E-state index in [0.717, 1.165) is 8.64 Å². The first-order valence-electron chi connectivity index (χ1n) is 8.13. The van der Waals surface area contributed by atoms with Gasteiger partial charge in [0, 0.05) is 39.7 Å². The molecule has 0 rings (SSSR count). The molecule has 0 aliphatic heterocycles. The van der Waals surface area contributed by atoms with Crippen LogP contribution in [0, 0.1) is 0 Å². The molecule has 0 N–H and O–H groups in total. The van der Waals surface area contributed by atoms with Crippen molar-refractivity contribution >= 4 is 56.6 Å². The van der Waals surface area contributed by atoms with Gasteiger partial charge in [-0.1, -0.05) is 86.5 Å². The van der Waals surface area contributed by atoms with Crippen LogP contribution >= 0.6 is 48.0 Å². The van der Waals surface area contributed by atoms with Crippen LogP contribution in [0.4, 0.5) is 0 Å². The lowest BCUT2D eigenvalue weighted by atomic mass is 10.1. The van der Waals surface area contributed by atoms with Crippen molar-refractivity contribution in [2.45, 2.75) is 51.4 Å². The molecule has 2 nitrogen and oxygen atoms in total. The molecule has 0 atom stereocenters. The predicted molar refractivity (Wildman–Crippen MR) is 114 cm³/mol. The van der Waals surface area contributed by atoms with Crippen molar-refractivity contribution in [2.75, 3.05) is 39.7 Å². The average molecular weight is 381 g/mol. The lowest BCUT2D eigenvalue weighted by molar-refractivity contribution is 0.587. The second-order valence-electron chi connectivity index (χ2n) is 5.85. The summed E-state index contributed by atoms with van der Waals surface area (Å²) in [6.45, 7) is 0. The molecule has 0 heterocycles. The minimum absolute atomic E-state index is 1.01. The predicted octanol–water partition coefficient (Wildman–Crippen LogP) is 5.27. The number of unbranched alkanes of at least 4 members (excludes halogenated alkanes) is 7. The van der Waals surface area contributed by atoms with Crippen LogP contribution in [0.15, 0.2) is 0 Å². The highest BCUT2D eigenvalue weighted by atomic mass is 32.2. The van der Waals surface area contributed by atoms with Crippen molar-refractivity contribution in [2.24, 2.45) is 0 Å². The summed E-state index contributed by atoms with van der Waals surface area (Å²) in [7, 11) is 8.06. The third-order valence-electron chi connectivity index (χ3n) is 3.22. The Morgan fingerprint density at radius 3 is 1.14 bits per heavy atom. The minimum atomic E-state index is 1.01. The summed E-state index contributed by atoms with van der Waals surface area (Å²) in [5, 5.41) is 0. The smallest absolute Gasteiger partial charge is 0.135 e. The number of nitrogens with zero attached hydrogens (tertiary/aromatic N) is 2. The first kappa shape index (κ1) is 22.5. The molecule has 0 fully saturated rings. The highest BCUT2D eigenvalue weighted by Gasteiger charge is 2.00. The Labute approximate surface area is 157 Å². The fourth-order valence-corrected chi connectivity index (χ4v) is 3.90. The van der Waals surface area contributed by atoms with Crippen LogP contribution in [0.5, 0.6) is 0 Å².